The molecule has 0 atom stereocenters. The highest BCUT2D eigenvalue weighted by molar-refractivity contribution is 5.83. The van der Waals surface area contributed by atoms with E-state index in [-0.39, 0.29) is 25.3 Å². The lowest BCUT2D eigenvalue weighted by Gasteiger charge is -2.25. The zero-order chi connectivity index (χ0) is 28.1. The van der Waals surface area contributed by atoms with E-state index in [0.717, 1.165) is 17.7 Å². The highest BCUT2D eigenvalue weighted by Gasteiger charge is 2.33. The number of methoxy groups -OCH3 is 1. The minimum absolute atomic E-state index is 0.0196. The zero-order valence-electron chi connectivity index (χ0n) is 21.6. The van der Waals surface area contributed by atoms with Gasteiger partial charge >= 0.3 is 18.2 Å². The molecule has 0 saturated carbocycles. The maximum absolute atomic E-state index is 13.6. The summed E-state index contributed by atoms with van der Waals surface area (Å²) in [6, 6.07) is 17.1. The number of carboxylic acid groups (broad SMARTS) is 1. The zero-order valence-corrected chi connectivity index (χ0v) is 21.6. The summed E-state index contributed by atoms with van der Waals surface area (Å²) in [6.45, 7) is 4.82. The summed E-state index contributed by atoms with van der Waals surface area (Å²) in [4.78, 5) is 26.0. The van der Waals surface area contributed by atoms with Crippen LogP contribution in [0.3, 0.4) is 0 Å². The minimum Gasteiger partial charge on any atom is -0.496 e. The second-order valence-corrected chi connectivity index (χ2v) is 9.27. The number of nitrogens with zero attached hydrogens (tertiary/aromatic N) is 1. The van der Waals surface area contributed by atoms with Crippen molar-refractivity contribution in [1.82, 2.24) is 4.90 Å². The second-order valence-electron chi connectivity index (χ2n) is 9.27. The Morgan fingerprint density at radius 3 is 2.16 bits per heavy atom. The fourth-order valence-electron chi connectivity index (χ4n) is 3.92. The fraction of sp³-hybridized carbons (Fsp3) is 0.310. The van der Waals surface area contributed by atoms with Gasteiger partial charge in [-0.1, -0.05) is 42.5 Å². The number of aliphatic carboxylic acids is 1. The van der Waals surface area contributed by atoms with Gasteiger partial charge in [0.05, 0.1) is 18.1 Å². The summed E-state index contributed by atoms with van der Waals surface area (Å²) in [7, 11) is 1.42. The topological polar surface area (TPSA) is 76.1 Å². The highest BCUT2D eigenvalue weighted by atomic mass is 19.4. The third-order valence-corrected chi connectivity index (χ3v) is 6.38. The molecule has 0 unspecified atom stereocenters. The van der Waals surface area contributed by atoms with Crippen molar-refractivity contribution in [3.8, 4) is 16.9 Å². The standard InChI is InChI=1S/C29H30F3NO5/c1-5-33(27(36)38-18-19-9-7-6-8-10-19)17-20-15-22(29(30,31)32)11-13-23(20)24-16-21(12-14-25(24)37-4)28(2,3)26(34)35/h6-16H,5,17-18H2,1-4H3,(H,34,35). The first-order valence-electron chi connectivity index (χ1n) is 12.0. The number of alkyl halides is 3. The van der Waals surface area contributed by atoms with Crippen molar-refractivity contribution in [3.63, 3.8) is 0 Å². The average Bonchev–Trinajstić information content (AvgIpc) is 2.89. The molecule has 38 heavy (non-hydrogen) atoms. The third-order valence-electron chi connectivity index (χ3n) is 6.38. The van der Waals surface area contributed by atoms with Crippen LogP contribution in [0.4, 0.5) is 18.0 Å². The average molecular weight is 530 g/mol. The van der Waals surface area contributed by atoms with E-state index < -0.39 is 29.2 Å². The minimum atomic E-state index is -4.60. The van der Waals surface area contributed by atoms with Crippen molar-refractivity contribution < 1.29 is 37.3 Å². The molecule has 0 aliphatic carbocycles. The van der Waals surface area contributed by atoms with Crippen LogP contribution in [0.2, 0.25) is 0 Å². The Hall–Kier alpha value is -4.01. The number of amides is 1. The normalized spacial score (nSPS) is 11.7. The van der Waals surface area contributed by atoms with E-state index in [2.05, 4.69) is 0 Å². The lowest BCUT2D eigenvalue weighted by molar-refractivity contribution is -0.142. The lowest BCUT2D eigenvalue weighted by Crippen LogP contribution is -2.31. The molecule has 0 heterocycles. The van der Waals surface area contributed by atoms with Gasteiger partial charge in [-0.25, -0.2) is 4.79 Å². The van der Waals surface area contributed by atoms with Gasteiger partial charge in [-0.05, 0) is 67.3 Å². The maximum Gasteiger partial charge on any atom is 0.416 e. The molecular formula is C29H30F3NO5. The lowest BCUT2D eigenvalue weighted by atomic mass is 9.82. The smallest absolute Gasteiger partial charge is 0.416 e. The van der Waals surface area contributed by atoms with E-state index in [4.69, 9.17) is 9.47 Å². The summed E-state index contributed by atoms with van der Waals surface area (Å²) >= 11 is 0. The SMILES string of the molecule is CCN(Cc1cc(C(F)(F)F)ccc1-c1cc(C(C)(C)C(=O)O)ccc1OC)C(=O)OCc1ccccc1. The Balaban J connectivity index is 2.05. The Labute approximate surface area is 219 Å². The van der Waals surface area contributed by atoms with Crippen LogP contribution in [0.15, 0.2) is 66.7 Å². The predicted octanol–water partition coefficient (Wildman–Crippen LogP) is 6.90. The van der Waals surface area contributed by atoms with Crippen molar-refractivity contribution in [2.24, 2.45) is 0 Å². The van der Waals surface area contributed by atoms with Crippen molar-refractivity contribution in [1.29, 1.82) is 0 Å². The van der Waals surface area contributed by atoms with Gasteiger partial charge in [-0.3, -0.25) is 4.79 Å². The van der Waals surface area contributed by atoms with Gasteiger partial charge in [0.2, 0.25) is 0 Å². The largest absolute Gasteiger partial charge is 0.496 e. The van der Waals surface area contributed by atoms with Gasteiger partial charge in [0, 0.05) is 18.7 Å². The summed E-state index contributed by atoms with van der Waals surface area (Å²) in [5.41, 5.74) is 0.0985. The third kappa shape index (κ3) is 6.45. The number of ether oxygens (including phenoxy) is 2. The van der Waals surface area contributed by atoms with Crippen LogP contribution < -0.4 is 4.74 Å². The molecule has 0 saturated heterocycles. The van der Waals surface area contributed by atoms with Gasteiger partial charge < -0.3 is 19.5 Å². The van der Waals surface area contributed by atoms with Gasteiger partial charge in [0.1, 0.15) is 12.4 Å². The molecule has 3 aromatic rings. The molecule has 6 nitrogen and oxygen atoms in total. The highest BCUT2D eigenvalue weighted by Crippen LogP contribution is 2.39. The number of rotatable bonds is 9. The maximum atomic E-state index is 13.6. The number of carbonyl (C=O) groups is 2. The first-order chi connectivity index (χ1) is 17.9. The molecule has 0 aliphatic rings. The van der Waals surface area contributed by atoms with E-state index in [1.165, 1.54) is 31.9 Å². The number of halogens is 3. The van der Waals surface area contributed by atoms with Crippen LogP contribution in [0.1, 0.15) is 43.0 Å². The molecule has 0 radical (unpaired) electrons. The van der Waals surface area contributed by atoms with E-state index in [1.807, 2.05) is 18.2 Å². The van der Waals surface area contributed by atoms with Crippen LogP contribution in [0, 0.1) is 0 Å². The summed E-state index contributed by atoms with van der Waals surface area (Å²) in [5.74, 6) is -0.703. The van der Waals surface area contributed by atoms with Gasteiger partial charge in [0.25, 0.3) is 0 Å². The van der Waals surface area contributed by atoms with Crippen LogP contribution in [0.5, 0.6) is 5.75 Å². The van der Waals surface area contributed by atoms with Crippen molar-refractivity contribution in [3.05, 3.63) is 89.0 Å². The molecule has 0 aliphatic heterocycles. The Morgan fingerprint density at radius 1 is 0.921 bits per heavy atom. The summed E-state index contributed by atoms with van der Waals surface area (Å²) in [5, 5.41) is 9.69. The number of carboxylic acids is 1. The molecule has 9 heteroatoms. The number of benzene rings is 3. The second kappa shape index (κ2) is 11.6. The Bertz CT molecular complexity index is 1290. The molecule has 3 aromatic carbocycles. The van der Waals surface area contributed by atoms with Crippen molar-refractivity contribution >= 4 is 12.1 Å². The van der Waals surface area contributed by atoms with Gasteiger partial charge in [-0.2, -0.15) is 13.2 Å². The van der Waals surface area contributed by atoms with E-state index in [1.54, 1.807) is 37.3 Å². The molecule has 0 aromatic heterocycles. The molecule has 0 fully saturated rings. The van der Waals surface area contributed by atoms with Gasteiger partial charge in [-0.15, -0.1) is 0 Å². The van der Waals surface area contributed by atoms with Crippen LogP contribution in [-0.2, 0) is 34.3 Å². The molecule has 3 rings (SSSR count). The van der Waals surface area contributed by atoms with Gasteiger partial charge in [0.15, 0.2) is 0 Å². The van der Waals surface area contributed by atoms with Crippen LogP contribution >= 0.6 is 0 Å². The summed E-state index contributed by atoms with van der Waals surface area (Å²) in [6.07, 6.45) is -5.28. The quantitative estimate of drug-likeness (QED) is 0.326. The monoisotopic (exact) mass is 529 g/mol. The fourth-order valence-corrected chi connectivity index (χ4v) is 3.92. The van der Waals surface area contributed by atoms with E-state index >= 15 is 0 Å². The molecule has 1 N–H and O–H groups in total. The van der Waals surface area contributed by atoms with Crippen molar-refractivity contribution in [2.45, 2.75) is 45.5 Å². The molecule has 202 valence electrons. The van der Waals surface area contributed by atoms with E-state index in [0.29, 0.717) is 22.4 Å². The number of carbonyl (C=O) groups excluding carboxylic acids is 1. The molecule has 1 amide bonds. The van der Waals surface area contributed by atoms with Crippen LogP contribution in [-0.4, -0.2) is 35.7 Å². The molecule has 0 spiro atoms. The van der Waals surface area contributed by atoms with Crippen molar-refractivity contribution in [2.75, 3.05) is 13.7 Å². The Morgan fingerprint density at radius 2 is 1.58 bits per heavy atom. The number of hydrogen-bond donors (Lipinski definition) is 1. The Kier molecular flexibility index (Phi) is 8.70. The number of hydrogen-bond acceptors (Lipinski definition) is 4. The van der Waals surface area contributed by atoms with E-state index in [9.17, 15) is 27.9 Å². The summed E-state index contributed by atoms with van der Waals surface area (Å²) < 4.78 is 51.8. The predicted molar refractivity (Wildman–Crippen MR) is 137 cm³/mol. The molecular weight excluding hydrogens is 499 g/mol. The first-order valence-corrected chi connectivity index (χ1v) is 12.0. The van der Waals surface area contributed by atoms with Crippen LogP contribution in [0.25, 0.3) is 11.1 Å². The first kappa shape index (κ1) is 28.6. The molecule has 0 bridgehead atoms.